The number of phenolic OH excluding ortho intramolecular Hbond substituents is 3. The molecule has 0 aliphatic rings. The Morgan fingerprint density at radius 2 is 1.70 bits per heavy atom. The van der Waals surface area contributed by atoms with E-state index < -0.39 is 0 Å². The number of aromatic hydroxyl groups is 3. The summed E-state index contributed by atoms with van der Waals surface area (Å²) in [6.45, 7) is 0. The van der Waals surface area contributed by atoms with Crippen LogP contribution in [0.25, 0.3) is 22.1 Å². The van der Waals surface area contributed by atoms with Crippen molar-refractivity contribution in [3.8, 4) is 28.4 Å². The quantitative estimate of drug-likeness (QED) is 0.591. The maximum Gasteiger partial charge on any atom is 0.200 e. The molecular weight excluding hydrogens is 260 g/mol. The van der Waals surface area contributed by atoms with Gasteiger partial charge in [0.15, 0.2) is 11.5 Å². The molecule has 20 heavy (non-hydrogen) atoms. The molecule has 0 saturated heterocycles. The van der Waals surface area contributed by atoms with Crippen LogP contribution in [-0.2, 0) is 0 Å². The monoisotopic (exact) mass is 270 g/mol. The second-order valence-electron chi connectivity index (χ2n) is 4.36. The van der Waals surface area contributed by atoms with Crippen LogP contribution in [0.1, 0.15) is 0 Å². The van der Waals surface area contributed by atoms with Crippen LogP contribution in [0.3, 0.4) is 0 Å². The van der Waals surface area contributed by atoms with E-state index in [2.05, 4.69) is 0 Å². The van der Waals surface area contributed by atoms with Crippen LogP contribution in [-0.4, -0.2) is 15.3 Å². The molecule has 3 rings (SSSR count). The zero-order chi connectivity index (χ0) is 14.3. The summed E-state index contributed by atoms with van der Waals surface area (Å²) < 4.78 is 5.35. The van der Waals surface area contributed by atoms with E-state index >= 15 is 0 Å². The van der Waals surface area contributed by atoms with Gasteiger partial charge in [-0.1, -0.05) is 6.07 Å². The fourth-order valence-electron chi connectivity index (χ4n) is 2.01. The molecule has 5 heteroatoms. The van der Waals surface area contributed by atoms with Crippen molar-refractivity contribution in [2.75, 3.05) is 0 Å². The first-order chi connectivity index (χ1) is 9.56. The van der Waals surface area contributed by atoms with Crippen LogP contribution in [0.2, 0.25) is 0 Å². The van der Waals surface area contributed by atoms with E-state index in [-0.39, 0.29) is 33.6 Å². The van der Waals surface area contributed by atoms with Crippen LogP contribution in [0.15, 0.2) is 51.9 Å². The maximum atomic E-state index is 12.4. The highest BCUT2D eigenvalue weighted by Crippen LogP contribution is 2.30. The summed E-state index contributed by atoms with van der Waals surface area (Å²) in [6, 6.07) is 8.31. The lowest BCUT2D eigenvalue weighted by atomic mass is 10.0. The molecule has 0 atom stereocenters. The number of rotatable bonds is 1. The topological polar surface area (TPSA) is 90.9 Å². The average molecular weight is 270 g/mol. The molecular formula is C15H10O5. The Morgan fingerprint density at radius 3 is 2.45 bits per heavy atom. The van der Waals surface area contributed by atoms with Crippen LogP contribution in [0, 0.1) is 0 Å². The van der Waals surface area contributed by atoms with E-state index in [1.54, 1.807) is 0 Å². The van der Waals surface area contributed by atoms with Gasteiger partial charge in [0, 0.05) is 0 Å². The van der Waals surface area contributed by atoms with Crippen molar-refractivity contribution in [1.29, 1.82) is 0 Å². The van der Waals surface area contributed by atoms with Crippen LogP contribution >= 0.6 is 0 Å². The fourth-order valence-corrected chi connectivity index (χ4v) is 2.01. The number of benzene rings is 2. The van der Waals surface area contributed by atoms with Crippen LogP contribution < -0.4 is 5.43 Å². The molecule has 0 spiro atoms. The van der Waals surface area contributed by atoms with Crippen molar-refractivity contribution in [1.82, 2.24) is 0 Å². The van der Waals surface area contributed by atoms with Gasteiger partial charge in [-0.05, 0) is 35.9 Å². The van der Waals surface area contributed by atoms with Gasteiger partial charge in [0.1, 0.15) is 17.6 Å². The molecule has 0 saturated carbocycles. The Morgan fingerprint density at radius 1 is 0.900 bits per heavy atom. The molecule has 0 aliphatic heterocycles. The standard InChI is InChI=1S/C15H10O5/c16-9-2-4-14-10(6-9)15(19)11(7-20-14)8-1-3-12(17)13(18)5-8/h1-7,16-18H. The van der Waals surface area contributed by atoms with Crippen LogP contribution in [0.4, 0.5) is 0 Å². The minimum Gasteiger partial charge on any atom is -0.508 e. The Bertz CT molecular complexity index is 864. The lowest BCUT2D eigenvalue weighted by Gasteiger charge is -2.04. The third-order valence-electron chi connectivity index (χ3n) is 3.04. The van der Waals surface area contributed by atoms with Gasteiger partial charge in [-0.15, -0.1) is 0 Å². The Hall–Kier alpha value is -2.95. The smallest absolute Gasteiger partial charge is 0.200 e. The van der Waals surface area contributed by atoms with Crippen molar-refractivity contribution < 1.29 is 19.7 Å². The third kappa shape index (κ3) is 1.85. The molecule has 0 amide bonds. The summed E-state index contributed by atoms with van der Waals surface area (Å²) >= 11 is 0. The number of fused-ring (bicyclic) bond motifs is 1. The van der Waals surface area contributed by atoms with E-state index in [1.165, 1.54) is 42.7 Å². The lowest BCUT2D eigenvalue weighted by Crippen LogP contribution is -2.04. The van der Waals surface area contributed by atoms with Crippen LogP contribution in [0.5, 0.6) is 17.2 Å². The number of hydrogen-bond donors (Lipinski definition) is 3. The molecule has 0 fully saturated rings. The zero-order valence-electron chi connectivity index (χ0n) is 10.2. The molecule has 0 aliphatic carbocycles. The molecule has 0 radical (unpaired) electrons. The van der Waals surface area contributed by atoms with Crippen molar-refractivity contribution >= 4 is 11.0 Å². The third-order valence-corrected chi connectivity index (χ3v) is 3.04. The SMILES string of the molecule is O=c1c(-c2ccc(O)c(O)c2)coc2ccc(O)cc12. The Balaban J connectivity index is 2.29. The van der Waals surface area contributed by atoms with Crippen molar-refractivity contribution in [2.45, 2.75) is 0 Å². The van der Waals surface area contributed by atoms with Gasteiger partial charge < -0.3 is 19.7 Å². The maximum absolute atomic E-state index is 12.4. The Kier molecular flexibility index (Phi) is 2.61. The number of phenols is 3. The second kappa shape index (κ2) is 4.31. The van der Waals surface area contributed by atoms with Crippen molar-refractivity contribution in [3.63, 3.8) is 0 Å². The summed E-state index contributed by atoms with van der Waals surface area (Å²) in [7, 11) is 0. The molecule has 1 heterocycles. The minimum atomic E-state index is -0.327. The van der Waals surface area contributed by atoms with E-state index in [1.807, 2.05) is 0 Å². The van der Waals surface area contributed by atoms with Gasteiger partial charge in [-0.2, -0.15) is 0 Å². The van der Waals surface area contributed by atoms with Gasteiger partial charge in [0.25, 0.3) is 0 Å². The van der Waals surface area contributed by atoms with Crippen molar-refractivity contribution in [3.05, 3.63) is 52.9 Å². The first-order valence-corrected chi connectivity index (χ1v) is 5.83. The Labute approximate surface area is 113 Å². The summed E-state index contributed by atoms with van der Waals surface area (Å²) in [6.07, 6.45) is 1.29. The lowest BCUT2D eigenvalue weighted by molar-refractivity contribution is 0.404. The molecule has 100 valence electrons. The highest BCUT2D eigenvalue weighted by atomic mass is 16.3. The second-order valence-corrected chi connectivity index (χ2v) is 4.36. The van der Waals surface area contributed by atoms with Gasteiger partial charge in [-0.3, -0.25) is 4.79 Å². The average Bonchev–Trinajstić information content (AvgIpc) is 2.43. The molecule has 2 aromatic carbocycles. The highest BCUT2D eigenvalue weighted by molar-refractivity contribution is 5.83. The van der Waals surface area contributed by atoms with Gasteiger partial charge >= 0.3 is 0 Å². The normalized spacial score (nSPS) is 10.8. The molecule has 5 nitrogen and oxygen atoms in total. The minimum absolute atomic E-state index is 0.0319. The molecule has 1 aromatic heterocycles. The van der Waals surface area contributed by atoms with Gasteiger partial charge in [-0.25, -0.2) is 0 Å². The molecule has 3 aromatic rings. The summed E-state index contributed by atoms with van der Waals surface area (Å²) in [5, 5.41) is 28.5. The predicted octanol–water partition coefficient (Wildman–Crippen LogP) is 2.58. The van der Waals surface area contributed by atoms with Gasteiger partial charge in [0.05, 0.1) is 10.9 Å². The van der Waals surface area contributed by atoms with Gasteiger partial charge in [0.2, 0.25) is 5.43 Å². The van der Waals surface area contributed by atoms with E-state index in [9.17, 15) is 20.1 Å². The first-order valence-electron chi connectivity index (χ1n) is 5.83. The number of hydrogen-bond acceptors (Lipinski definition) is 5. The fraction of sp³-hybridized carbons (Fsp3) is 0. The highest BCUT2D eigenvalue weighted by Gasteiger charge is 2.11. The molecule has 3 N–H and O–H groups in total. The van der Waals surface area contributed by atoms with Crippen molar-refractivity contribution in [2.24, 2.45) is 0 Å². The predicted molar refractivity (Wildman–Crippen MR) is 72.9 cm³/mol. The first kappa shape index (κ1) is 12.1. The largest absolute Gasteiger partial charge is 0.508 e. The summed E-state index contributed by atoms with van der Waals surface area (Å²) in [4.78, 5) is 12.4. The summed E-state index contributed by atoms with van der Waals surface area (Å²) in [5.41, 5.74) is 0.685. The molecule has 0 unspecified atom stereocenters. The molecule has 0 bridgehead atoms. The van der Waals surface area contributed by atoms with E-state index in [0.717, 1.165) is 0 Å². The van der Waals surface area contributed by atoms with E-state index in [0.29, 0.717) is 11.1 Å². The van der Waals surface area contributed by atoms with E-state index in [4.69, 9.17) is 4.42 Å². The summed E-state index contributed by atoms with van der Waals surface area (Å²) in [5.74, 6) is -0.620. The zero-order valence-corrected chi connectivity index (χ0v) is 10.2.